The number of aryl methyl sites for hydroxylation is 1. The van der Waals surface area contributed by atoms with Crippen molar-refractivity contribution in [3.05, 3.63) is 64.4 Å². The highest BCUT2D eigenvalue weighted by Gasteiger charge is 2.39. The Balaban J connectivity index is 1.55. The maximum Gasteiger partial charge on any atom is 0.383 e. The predicted octanol–water partition coefficient (Wildman–Crippen LogP) is 3.08. The molecule has 4 rings (SSSR count). The van der Waals surface area contributed by atoms with Crippen LogP contribution in [0, 0.1) is 6.92 Å². The molecule has 0 radical (unpaired) electrons. The van der Waals surface area contributed by atoms with Crippen LogP contribution in [-0.4, -0.2) is 27.8 Å². The molecule has 1 aromatic carbocycles. The lowest BCUT2D eigenvalue weighted by molar-refractivity contribution is -0.0587. The van der Waals surface area contributed by atoms with Crippen LogP contribution < -0.4 is 0 Å². The second kappa shape index (κ2) is 5.67. The Kier molecular flexibility index (Phi) is 3.47. The minimum absolute atomic E-state index is 0.00870. The average molecular weight is 354 g/mol. The molecule has 25 heavy (non-hydrogen) atoms. The van der Waals surface area contributed by atoms with Crippen molar-refractivity contribution in [2.45, 2.75) is 6.92 Å². The first kappa shape index (κ1) is 15.3. The molecule has 0 saturated carbocycles. The lowest BCUT2D eigenvalue weighted by atomic mass is 10.1. The van der Waals surface area contributed by atoms with Crippen LogP contribution in [0.1, 0.15) is 37.0 Å². The van der Waals surface area contributed by atoms with Crippen molar-refractivity contribution in [2.24, 2.45) is 0 Å². The van der Waals surface area contributed by atoms with Crippen LogP contribution in [0.15, 0.2) is 46.2 Å². The van der Waals surface area contributed by atoms with Crippen LogP contribution in [0.2, 0.25) is 0 Å². The first-order valence-corrected chi connectivity index (χ1v) is 8.15. The number of imide groups is 1. The van der Waals surface area contributed by atoms with E-state index in [2.05, 4.69) is 4.98 Å². The van der Waals surface area contributed by atoms with Crippen LogP contribution >= 0.6 is 11.3 Å². The number of hydroxylamine groups is 2. The Bertz CT molecular complexity index is 984. The largest absolute Gasteiger partial charge is 0.459 e. The molecule has 0 saturated heterocycles. The van der Waals surface area contributed by atoms with Crippen molar-refractivity contribution in [1.29, 1.82) is 0 Å². The molecule has 2 aromatic heterocycles. The lowest BCUT2D eigenvalue weighted by Gasteiger charge is -2.11. The van der Waals surface area contributed by atoms with Crippen LogP contribution in [0.4, 0.5) is 0 Å². The van der Waals surface area contributed by atoms with E-state index in [1.54, 1.807) is 31.2 Å². The van der Waals surface area contributed by atoms with Crippen LogP contribution in [0.3, 0.4) is 0 Å². The lowest BCUT2D eigenvalue weighted by Crippen LogP contribution is -2.32. The van der Waals surface area contributed by atoms with Crippen molar-refractivity contribution in [1.82, 2.24) is 10.0 Å². The number of aromatic nitrogens is 1. The van der Waals surface area contributed by atoms with Gasteiger partial charge in [-0.15, -0.1) is 11.3 Å². The number of furan rings is 1. The molecule has 2 amide bonds. The van der Waals surface area contributed by atoms with E-state index in [-0.39, 0.29) is 16.8 Å². The molecule has 0 unspecified atom stereocenters. The summed E-state index contributed by atoms with van der Waals surface area (Å²) in [6.07, 6.45) is 0. The Hall–Kier alpha value is -3.26. The van der Waals surface area contributed by atoms with Gasteiger partial charge in [-0.05, 0) is 31.2 Å². The van der Waals surface area contributed by atoms with Crippen molar-refractivity contribution in [3.63, 3.8) is 0 Å². The van der Waals surface area contributed by atoms with Gasteiger partial charge in [-0.2, -0.15) is 0 Å². The Morgan fingerprint density at radius 1 is 1.12 bits per heavy atom. The van der Waals surface area contributed by atoms with Gasteiger partial charge in [0.15, 0.2) is 16.5 Å². The summed E-state index contributed by atoms with van der Waals surface area (Å²) in [6, 6.07) is 9.80. The first-order valence-electron chi connectivity index (χ1n) is 7.27. The summed E-state index contributed by atoms with van der Waals surface area (Å²) >= 11 is 1.20. The summed E-state index contributed by atoms with van der Waals surface area (Å²) in [5.41, 5.74) is 0.390. The van der Waals surface area contributed by atoms with Gasteiger partial charge in [-0.3, -0.25) is 9.59 Å². The summed E-state index contributed by atoms with van der Waals surface area (Å²) in [6.45, 7) is 1.80. The first-order chi connectivity index (χ1) is 12.0. The maximum absolute atomic E-state index is 12.2. The third-order valence-electron chi connectivity index (χ3n) is 3.60. The zero-order chi connectivity index (χ0) is 17.6. The van der Waals surface area contributed by atoms with Gasteiger partial charge in [0.25, 0.3) is 11.8 Å². The van der Waals surface area contributed by atoms with E-state index in [9.17, 15) is 14.4 Å². The van der Waals surface area contributed by atoms with Crippen molar-refractivity contribution in [2.75, 3.05) is 0 Å². The molecule has 3 aromatic rings. The van der Waals surface area contributed by atoms with Gasteiger partial charge in [0, 0.05) is 5.38 Å². The number of hydrogen-bond donors (Lipinski definition) is 0. The number of rotatable bonds is 3. The SMILES string of the molecule is Cc1ccc(-c2nc(C(=O)ON3C(=O)c4ccccc4C3=O)cs2)o1. The highest BCUT2D eigenvalue weighted by atomic mass is 32.1. The number of fused-ring (bicyclic) bond motifs is 1. The highest BCUT2D eigenvalue weighted by molar-refractivity contribution is 7.13. The van der Waals surface area contributed by atoms with E-state index >= 15 is 0 Å². The smallest absolute Gasteiger partial charge is 0.383 e. The molecular formula is C17H10N2O5S. The summed E-state index contributed by atoms with van der Waals surface area (Å²) in [7, 11) is 0. The standard InChI is InChI=1S/C17H10N2O5S/c1-9-6-7-13(23-9)14-18-12(8-25-14)17(22)24-19-15(20)10-4-2-3-5-11(10)16(19)21/h2-8H,1H3. The molecule has 0 bridgehead atoms. The molecule has 0 aliphatic carbocycles. The Morgan fingerprint density at radius 3 is 2.40 bits per heavy atom. The van der Waals surface area contributed by atoms with Crippen molar-refractivity contribution >= 4 is 29.1 Å². The third-order valence-corrected chi connectivity index (χ3v) is 4.45. The number of amides is 2. The van der Waals surface area contributed by atoms with E-state index < -0.39 is 17.8 Å². The fourth-order valence-corrected chi connectivity index (χ4v) is 3.16. The number of thiazole rings is 1. The predicted molar refractivity (Wildman–Crippen MR) is 86.9 cm³/mol. The molecule has 1 aliphatic heterocycles. The number of carbonyl (C=O) groups excluding carboxylic acids is 3. The monoisotopic (exact) mass is 354 g/mol. The molecular weight excluding hydrogens is 344 g/mol. The maximum atomic E-state index is 12.2. The van der Waals surface area contributed by atoms with Gasteiger partial charge < -0.3 is 9.25 Å². The molecule has 0 fully saturated rings. The number of carbonyl (C=O) groups is 3. The van der Waals surface area contributed by atoms with Crippen molar-refractivity contribution in [3.8, 4) is 10.8 Å². The fourth-order valence-electron chi connectivity index (χ4n) is 2.41. The van der Waals surface area contributed by atoms with Crippen LogP contribution in [-0.2, 0) is 4.84 Å². The topological polar surface area (TPSA) is 89.7 Å². The van der Waals surface area contributed by atoms with E-state index in [1.165, 1.54) is 28.8 Å². The molecule has 3 heterocycles. The van der Waals surface area contributed by atoms with Gasteiger partial charge in [-0.1, -0.05) is 17.2 Å². The second-order valence-corrected chi connectivity index (χ2v) is 6.14. The third kappa shape index (κ3) is 2.52. The van der Waals surface area contributed by atoms with E-state index in [0.29, 0.717) is 15.8 Å². The zero-order valence-corrected chi connectivity index (χ0v) is 13.7. The van der Waals surface area contributed by atoms with Gasteiger partial charge >= 0.3 is 5.97 Å². The molecule has 7 nitrogen and oxygen atoms in total. The molecule has 0 N–H and O–H groups in total. The summed E-state index contributed by atoms with van der Waals surface area (Å²) < 4.78 is 5.45. The van der Waals surface area contributed by atoms with Crippen molar-refractivity contribution < 1.29 is 23.6 Å². The number of benzene rings is 1. The molecule has 124 valence electrons. The fraction of sp³-hybridized carbons (Fsp3) is 0.0588. The summed E-state index contributed by atoms with van der Waals surface area (Å²) in [5.74, 6) is -0.986. The summed E-state index contributed by atoms with van der Waals surface area (Å²) in [5, 5.41) is 2.44. The molecule has 0 spiro atoms. The van der Waals surface area contributed by atoms with E-state index in [4.69, 9.17) is 9.25 Å². The number of hydrogen-bond acceptors (Lipinski definition) is 7. The van der Waals surface area contributed by atoms with Gasteiger partial charge in [0.2, 0.25) is 0 Å². The zero-order valence-electron chi connectivity index (χ0n) is 12.9. The highest BCUT2D eigenvalue weighted by Crippen LogP contribution is 2.27. The molecule has 0 atom stereocenters. The average Bonchev–Trinajstić information content (AvgIpc) is 3.31. The van der Waals surface area contributed by atoms with Crippen LogP contribution in [0.25, 0.3) is 10.8 Å². The normalized spacial score (nSPS) is 13.2. The Morgan fingerprint density at radius 2 is 1.80 bits per heavy atom. The second-order valence-electron chi connectivity index (χ2n) is 5.28. The minimum Gasteiger partial charge on any atom is -0.459 e. The minimum atomic E-state index is -0.889. The molecule has 8 heteroatoms. The van der Waals surface area contributed by atoms with E-state index in [1.807, 2.05) is 0 Å². The number of nitrogens with zero attached hydrogens (tertiary/aromatic N) is 2. The van der Waals surface area contributed by atoms with Gasteiger partial charge in [0.05, 0.1) is 11.1 Å². The van der Waals surface area contributed by atoms with Gasteiger partial charge in [0.1, 0.15) is 5.76 Å². The summed E-state index contributed by atoms with van der Waals surface area (Å²) in [4.78, 5) is 45.7. The Labute approximate surface area is 145 Å². The van der Waals surface area contributed by atoms with Gasteiger partial charge in [-0.25, -0.2) is 9.78 Å². The molecule has 1 aliphatic rings. The quantitative estimate of drug-likeness (QED) is 0.672. The van der Waals surface area contributed by atoms with E-state index in [0.717, 1.165) is 5.76 Å². The van der Waals surface area contributed by atoms with Crippen LogP contribution in [0.5, 0.6) is 0 Å².